The number of furan rings is 1. The van der Waals surface area contributed by atoms with Crippen molar-refractivity contribution >= 4 is 34.3 Å². The maximum Gasteiger partial charge on any atom is 0.335 e. The Morgan fingerprint density at radius 3 is 2.43 bits per heavy atom. The molecule has 0 bridgehead atoms. The van der Waals surface area contributed by atoms with Gasteiger partial charge in [-0.1, -0.05) is 17.7 Å². The highest BCUT2D eigenvalue weighted by atomic mass is 32.1. The molecule has 30 heavy (non-hydrogen) atoms. The van der Waals surface area contributed by atoms with Gasteiger partial charge in [0.05, 0.1) is 5.39 Å². The molecule has 2 aromatic heterocycles. The van der Waals surface area contributed by atoms with Crippen LogP contribution in [0.2, 0.25) is 0 Å². The molecular formula is C21H19N3O5S. The van der Waals surface area contributed by atoms with Gasteiger partial charge in [0.1, 0.15) is 22.8 Å². The predicted molar refractivity (Wildman–Crippen MR) is 112 cm³/mol. The Labute approximate surface area is 176 Å². The number of aromatic nitrogens is 2. The second-order valence-electron chi connectivity index (χ2n) is 6.56. The summed E-state index contributed by atoms with van der Waals surface area (Å²) in [5.41, 5.74) is 2.18. The Morgan fingerprint density at radius 2 is 1.80 bits per heavy atom. The van der Waals surface area contributed by atoms with Crippen LogP contribution in [0.25, 0.3) is 11.0 Å². The SMILES string of the molecule is Cc1ccc(Oc2cc(C(=O)Nc3ccn(C)n3)cc3oc(C)cc23)cc1.O=S=O. The number of nitrogens with zero attached hydrogens (tertiary/aromatic N) is 2. The second kappa shape index (κ2) is 9.19. The van der Waals surface area contributed by atoms with Gasteiger partial charge in [-0.05, 0) is 44.2 Å². The van der Waals surface area contributed by atoms with Crippen LogP contribution in [0.3, 0.4) is 0 Å². The summed E-state index contributed by atoms with van der Waals surface area (Å²) in [6, 6.07) is 14.8. The lowest BCUT2D eigenvalue weighted by molar-refractivity contribution is 0.102. The van der Waals surface area contributed by atoms with Crippen molar-refractivity contribution in [3.8, 4) is 11.5 Å². The maximum atomic E-state index is 12.7. The lowest BCUT2D eigenvalue weighted by Crippen LogP contribution is -2.12. The van der Waals surface area contributed by atoms with Gasteiger partial charge in [-0.15, -0.1) is 0 Å². The topological polar surface area (TPSA) is 103 Å². The first-order chi connectivity index (χ1) is 14.4. The molecule has 154 valence electrons. The zero-order valence-electron chi connectivity index (χ0n) is 16.5. The summed E-state index contributed by atoms with van der Waals surface area (Å²) in [6.07, 6.45) is 1.76. The lowest BCUT2D eigenvalue weighted by Gasteiger charge is -2.09. The minimum absolute atomic E-state index is 0.279. The molecule has 0 atom stereocenters. The van der Waals surface area contributed by atoms with Crippen molar-refractivity contribution in [2.24, 2.45) is 7.05 Å². The highest BCUT2D eigenvalue weighted by Gasteiger charge is 2.16. The van der Waals surface area contributed by atoms with Crippen LogP contribution in [0.15, 0.2) is 59.1 Å². The second-order valence-corrected chi connectivity index (χ2v) is 6.69. The molecule has 4 aromatic rings. The molecule has 0 aliphatic rings. The molecule has 0 unspecified atom stereocenters. The van der Waals surface area contributed by atoms with Gasteiger partial charge in [0, 0.05) is 24.9 Å². The minimum atomic E-state index is -0.750. The van der Waals surface area contributed by atoms with E-state index in [0.717, 1.165) is 16.7 Å². The number of nitrogens with one attached hydrogen (secondary N) is 1. The van der Waals surface area contributed by atoms with Crippen molar-refractivity contribution < 1.29 is 22.4 Å². The number of hydrogen-bond acceptors (Lipinski definition) is 6. The quantitative estimate of drug-likeness (QED) is 0.527. The zero-order chi connectivity index (χ0) is 21.7. The van der Waals surface area contributed by atoms with Crippen molar-refractivity contribution in [3.05, 3.63) is 71.6 Å². The Hall–Kier alpha value is -3.72. The van der Waals surface area contributed by atoms with Crippen molar-refractivity contribution in [2.75, 3.05) is 5.32 Å². The molecule has 8 nitrogen and oxygen atoms in total. The molecule has 0 aliphatic heterocycles. The van der Waals surface area contributed by atoms with Crippen LogP contribution in [0.5, 0.6) is 11.5 Å². The molecule has 0 saturated carbocycles. The van der Waals surface area contributed by atoms with Gasteiger partial charge in [-0.3, -0.25) is 9.48 Å². The van der Waals surface area contributed by atoms with Gasteiger partial charge in [-0.2, -0.15) is 13.5 Å². The minimum Gasteiger partial charge on any atom is -0.461 e. The van der Waals surface area contributed by atoms with E-state index in [0.29, 0.717) is 28.5 Å². The first-order valence-corrected chi connectivity index (χ1v) is 9.58. The summed E-state index contributed by atoms with van der Waals surface area (Å²) < 4.78 is 30.0. The van der Waals surface area contributed by atoms with E-state index in [-0.39, 0.29) is 5.91 Å². The Morgan fingerprint density at radius 1 is 1.10 bits per heavy atom. The molecule has 4 rings (SSSR count). The normalized spacial score (nSPS) is 10.2. The molecule has 0 spiro atoms. The van der Waals surface area contributed by atoms with Gasteiger partial charge in [-0.25, -0.2) is 0 Å². The molecule has 0 fully saturated rings. The number of carbonyl (C=O) groups excluding carboxylic acids is 1. The fourth-order valence-corrected chi connectivity index (χ4v) is 2.85. The summed E-state index contributed by atoms with van der Waals surface area (Å²) >= 11 is -0.750. The average molecular weight is 425 g/mol. The smallest absolute Gasteiger partial charge is 0.335 e. The van der Waals surface area contributed by atoms with E-state index in [4.69, 9.17) is 17.6 Å². The summed E-state index contributed by atoms with van der Waals surface area (Å²) in [6.45, 7) is 3.88. The third-order valence-electron chi connectivity index (χ3n) is 4.19. The van der Waals surface area contributed by atoms with Crippen LogP contribution < -0.4 is 10.1 Å². The molecule has 2 heterocycles. The molecular weight excluding hydrogens is 406 g/mol. The zero-order valence-corrected chi connectivity index (χ0v) is 17.4. The highest BCUT2D eigenvalue weighted by Crippen LogP contribution is 2.34. The summed E-state index contributed by atoms with van der Waals surface area (Å²) in [7, 11) is 1.79. The molecule has 1 amide bonds. The third-order valence-corrected chi connectivity index (χ3v) is 4.19. The molecule has 9 heteroatoms. The number of ether oxygens (including phenoxy) is 1. The van der Waals surface area contributed by atoms with Crippen molar-refractivity contribution in [1.29, 1.82) is 0 Å². The van der Waals surface area contributed by atoms with Gasteiger partial charge >= 0.3 is 11.6 Å². The third kappa shape index (κ3) is 5.00. The number of amides is 1. The predicted octanol–water partition coefficient (Wildman–Crippen LogP) is 4.16. The number of carbonyl (C=O) groups is 1. The van der Waals surface area contributed by atoms with Crippen LogP contribution >= 0.6 is 0 Å². The standard InChI is InChI=1S/C21H19N3O3.O2S/c1-13-4-6-16(7-5-13)27-19-12-15(11-18-17(19)10-14(2)26-18)21(25)22-20-8-9-24(3)23-20;1-3-2/h4-12H,1-3H3,(H,22,23,25);. The molecule has 0 aliphatic carbocycles. The molecule has 0 radical (unpaired) electrons. The van der Waals surface area contributed by atoms with E-state index in [2.05, 4.69) is 10.4 Å². The van der Waals surface area contributed by atoms with Crippen LogP contribution in [0, 0.1) is 13.8 Å². The number of anilines is 1. The van der Waals surface area contributed by atoms with E-state index in [1.807, 2.05) is 44.2 Å². The van der Waals surface area contributed by atoms with Gasteiger partial charge in [0.15, 0.2) is 5.82 Å². The van der Waals surface area contributed by atoms with Crippen LogP contribution in [-0.2, 0) is 18.6 Å². The molecule has 2 aromatic carbocycles. The van der Waals surface area contributed by atoms with E-state index in [1.54, 1.807) is 36.1 Å². The van der Waals surface area contributed by atoms with Crippen molar-refractivity contribution in [1.82, 2.24) is 9.78 Å². The van der Waals surface area contributed by atoms with Gasteiger partial charge < -0.3 is 14.5 Å². The fraction of sp³-hybridized carbons (Fsp3) is 0.143. The number of rotatable bonds is 4. The van der Waals surface area contributed by atoms with Crippen molar-refractivity contribution in [3.63, 3.8) is 0 Å². The molecule has 1 N–H and O–H groups in total. The van der Waals surface area contributed by atoms with E-state index in [9.17, 15) is 4.79 Å². The van der Waals surface area contributed by atoms with Crippen LogP contribution in [-0.4, -0.2) is 24.1 Å². The number of hydrogen-bond donors (Lipinski definition) is 1. The maximum absolute atomic E-state index is 12.7. The number of fused-ring (bicyclic) bond motifs is 1. The average Bonchev–Trinajstić information content (AvgIpc) is 3.28. The van der Waals surface area contributed by atoms with Crippen LogP contribution in [0.4, 0.5) is 5.82 Å². The van der Waals surface area contributed by atoms with Gasteiger partial charge in [0.2, 0.25) is 0 Å². The molecule has 0 saturated heterocycles. The number of benzene rings is 2. The van der Waals surface area contributed by atoms with Crippen molar-refractivity contribution in [2.45, 2.75) is 13.8 Å². The first kappa shape index (κ1) is 21.0. The van der Waals surface area contributed by atoms with E-state index < -0.39 is 11.6 Å². The summed E-state index contributed by atoms with van der Waals surface area (Å²) in [4.78, 5) is 12.7. The Balaban J connectivity index is 0.000000806. The first-order valence-electron chi connectivity index (χ1n) is 8.91. The fourth-order valence-electron chi connectivity index (χ4n) is 2.85. The number of aryl methyl sites for hydroxylation is 3. The largest absolute Gasteiger partial charge is 0.461 e. The monoisotopic (exact) mass is 425 g/mol. The van der Waals surface area contributed by atoms with Gasteiger partial charge in [0.25, 0.3) is 5.91 Å². The van der Waals surface area contributed by atoms with E-state index >= 15 is 0 Å². The Kier molecular flexibility index (Phi) is 6.43. The summed E-state index contributed by atoms with van der Waals surface area (Å²) in [5.74, 6) is 2.22. The highest BCUT2D eigenvalue weighted by molar-refractivity contribution is 7.51. The lowest BCUT2D eigenvalue weighted by atomic mass is 10.1. The summed E-state index contributed by atoms with van der Waals surface area (Å²) in [5, 5.41) is 7.77. The Bertz CT molecular complexity index is 1220. The van der Waals surface area contributed by atoms with E-state index in [1.165, 1.54) is 0 Å². The van der Waals surface area contributed by atoms with Crippen LogP contribution in [0.1, 0.15) is 21.7 Å².